The maximum atomic E-state index is 12.6. The second kappa shape index (κ2) is 7.99. The van der Waals surface area contributed by atoms with E-state index in [4.69, 9.17) is 0 Å². The molecule has 0 aliphatic carbocycles. The smallest absolute Gasteiger partial charge is 0.250 e. The topological polar surface area (TPSA) is 67.2 Å². The summed E-state index contributed by atoms with van der Waals surface area (Å²) in [6.45, 7) is 11.7. The SMILES string of the molecule is C=CC(=O)N(Cc1c(C)nn(C)c1C)c1cc(NC(=O)CC)ccc1C. The lowest BCUT2D eigenvalue weighted by atomic mass is 10.1. The lowest BCUT2D eigenvalue weighted by molar-refractivity contribution is -0.116. The number of carbonyl (C=O) groups excluding carboxylic acids is 2. The lowest BCUT2D eigenvalue weighted by Gasteiger charge is -2.24. The third-order valence-electron chi connectivity index (χ3n) is 4.52. The van der Waals surface area contributed by atoms with Gasteiger partial charge in [-0.3, -0.25) is 14.3 Å². The van der Waals surface area contributed by atoms with E-state index < -0.39 is 0 Å². The molecule has 1 aromatic heterocycles. The number of amides is 2. The number of nitrogens with one attached hydrogen (secondary N) is 1. The molecule has 0 radical (unpaired) electrons. The van der Waals surface area contributed by atoms with Crippen LogP contribution in [0.25, 0.3) is 0 Å². The molecule has 0 spiro atoms. The van der Waals surface area contributed by atoms with Crippen LogP contribution >= 0.6 is 0 Å². The highest BCUT2D eigenvalue weighted by molar-refractivity contribution is 6.02. The fraction of sp³-hybridized carbons (Fsp3) is 0.350. The molecule has 0 atom stereocenters. The Hall–Kier alpha value is -2.89. The van der Waals surface area contributed by atoms with Crippen molar-refractivity contribution in [2.75, 3.05) is 10.2 Å². The number of carbonyl (C=O) groups is 2. The van der Waals surface area contributed by atoms with Crippen LogP contribution in [0.2, 0.25) is 0 Å². The molecular weight excluding hydrogens is 328 g/mol. The number of aryl methyl sites for hydroxylation is 3. The summed E-state index contributed by atoms with van der Waals surface area (Å²) < 4.78 is 1.81. The van der Waals surface area contributed by atoms with E-state index in [-0.39, 0.29) is 11.8 Å². The molecule has 0 aliphatic heterocycles. The maximum Gasteiger partial charge on any atom is 0.250 e. The van der Waals surface area contributed by atoms with Gasteiger partial charge in [-0.15, -0.1) is 0 Å². The number of hydrogen-bond donors (Lipinski definition) is 1. The molecule has 0 unspecified atom stereocenters. The summed E-state index contributed by atoms with van der Waals surface area (Å²) in [7, 11) is 1.89. The Morgan fingerprint density at radius 3 is 2.54 bits per heavy atom. The van der Waals surface area contributed by atoms with Crippen LogP contribution in [0, 0.1) is 20.8 Å². The van der Waals surface area contributed by atoms with E-state index in [9.17, 15) is 9.59 Å². The molecule has 0 saturated carbocycles. The van der Waals surface area contributed by atoms with Crippen LogP contribution in [0.4, 0.5) is 11.4 Å². The summed E-state index contributed by atoms with van der Waals surface area (Å²) >= 11 is 0. The summed E-state index contributed by atoms with van der Waals surface area (Å²) in [6, 6.07) is 5.56. The number of aromatic nitrogens is 2. The zero-order valence-corrected chi connectivity index (χ0v) is 16.1. The van der Waals surface area contributed by atoms with Crippen LogP contribution in [0.1, 0.15) is 35.9 Å². The first kappa shape index (κ1) is 19.4. The second-order valence-corrected chi connectivity index (χ2v) is 6.30. The quantitative estimate of drug-likeness (QED) is 0.808. The lowest BCUT2D eigenvalue weighted by Crippen LogP contribution is -2.30. The minimum absolute atomic E-state index is 0.0691. The van der Waals surface area contributed by atoms with Gasteiger partial charge in [-0.05, 0) is 44.5 Å². The molecule has 6 nitrogen and oxygen atoms in total. The third-order valence-corrected chi connectivity index (χ3v) is 4.52. The van der Waals surface area contributed by atoms with Crippen molar-refractivity contribution in [3.63, 3.8) is 0 Å². The molecule has 2 rings (SSSR count). The van der Waals surface area contributed by atoms with Crippen molar-refractivity contribution in [2.45, 2.75) is 40.7 Å². The molecule has 26 heavy (non-hydrogen) atoms. The molecule has 0 aliphatic rings. The molecule has 2 aromatic rings. The minimum Gasteiger partial charge on any atom is -0.326 e. The minimum atomic E-state index is -0.199. The monoisotopic (exact) mass is 354 g/mol. The molecule has 138 valence electrons. The largest absolute Gasteiger partial charge is 0.326 e. The number of hydrogen-bond acceptors (Lipinski definition) is 3. The van der Waals surface area contributed by atoms with Crippen molar-refractivity contribution in [1.29, 1.82) is 0 Å². The predicted octanol–water partition coefficient (Wildman–Crippen LogP) is 3.41. The van der Waals surface area contributed by atoms with Crippen molar-refractivity contribution in [1.82, 2.24) is 9.78 Å². The summed E-state index contributed by atoms with van der Waals surface area (Å²) in [6.07, 6.45) is 1.70. The first-order chi connectivity index (χ1) is 12.3. The fourth-order valence-electron chi connectivity index (χ4n) is 2.82. The highest BCUT2D eigenvalue weighted by atomic mass is 16.2. The van der Waals surface area contributed by atoms with Gasteiger partial charge in [-0.2, -0.15) is 5.10 Å². The molecule has 1 heterocycles. The highest BCUT2D eigenvalue weighted by Crippen LogP contribution is 2.28. The van der Waals surface area contributed by atoms with Crippen LogP contribution < -0.4 is 10.2 Å². The first-order valence-corrected chi connectivity index (χ1v) is 8.62. The summed E-state index contributed by atoms with van der Waals surface area (Å²) in [4.78, 5) is 26.0. The summed E-state index contributed by atoms with van der Waals surface area (Å²) in [5.41, 5.74) is 5.25. The number of rotatable bonds is 6. The van der Waals surface area contributed by atoms with E-state index in [1.807, 2.05) is 50.7 Å². The Morgan fingerprint density at radius 2 is 2.00 bits per heavy atom. The normalized spacial score (nSPS) is 10.5. The zero-order valence-electron chi connectivity index (χ0n) is 16.1. The maximum absolute atomic E-state index is 12.6. The molecule has 1 N–H and O–H groups in total. The van der Waals surface area contributed by atoms with Gasteiger partial charge in [0, 0.05) is 36.1 Å². The van der Waals surface area contributed by atoms with Gasteiger partial charge >= 0.3 is 0 Å². The summed E-state index contributed by atoms with van der Waals surface area (Å²) in [5, 5.41) is 7.27. The average Bonchev–Trinajstić information content (AvgIpc) is 2.86. The molecule has 2 amide bonds. The van der Waals surface area contributed by atoms with Gasteiger partial charge in [0.05, 0.1) is 12.2 Å². The van der Waals surface area contributed by atoms with E-state index in [1.54, 1.807) is 11.8 Å². The fourth-order valence-corrected chi connectivity index (χ4v) is 2.82. The van der Waals surface area contributed by atoms with Gasteiger partial charge in [-0.25, -0.2) is 0 Å². The summed E-state index contributed by atoms with van der Waals surface area (Å²) in [5.74, 6) is -0.268. The molecule has 0 saturated heterocycles. The van der Waals surface area contributed by atoms with Gasteiger partial charge in [0.2, 0.25) is 5.91 Å². The van der Waals surface area contributed by atoms with Crippen LogP contribution in [0.5, 0.6) is 0 Å². The van der Waals surface area contributed by atoms with E-state index in [0.29, 0.717) is 18.7 Å². The Balaban J connectivity index is 2.47. The van der Waals surface area contributed by atoms with Gasteiger partial charge in [0.25, 0.3) is 5.91 Å². The van der Waals surface area contributed by atoms with Crippen LogP contribution in [-0.2, 0) is 23.2 Å². The van der Waals surface area contributed by atoms with Crippen molar-refractivity contribution < 1.29 is 9.59 Å². The molecule has 6 heteroatoms. The van der Waals surface area contributed by atoms with Crippen LogP contribution in [0.15, 0.2) is 30.9 Å². The zero-order chi connectivity index (χ0) is 19.4. The third kappa shape index (κ3) is 4.02. The molecular formula is C20H26N4O2. The van der Waals surface area contributed by atoms with Gasteiger partial charge in [0.15, 0.2) is 0 Å². The van der Waals surface area contributed by atoms with Crippen molar-refractivity contribution in [3.8, 4) is 0 Å². The second-order valence-electron chi connectivity index (χ2n) is 6.30. The van der Waals surface area contributed by atoms with E-state index in [1.165, 1.54) is 6.08 Å². The van der Waals surface area contributed by atoms with E-state index in [0.717, 1.165) is 28.2 Å². The predicted molar refractivity (Wildman–Crippen MR) is 104 cm³/mol. The average molecular weight is 354 g/mol. The Morgan fingerprint density at radius 1 is 1.31 bits per heavy atom. The number of nitrogens with zero attached hydrogens (tertiary/aromatic N) is 3. The van der Waals surface area contributed by atoms with E-state index in [2.05, 4.69) is 17.0 Å². The van der Waals surface area contributed by atoms with Gasteiger partial charge in [-0.1, -0.05) is 19.6 Å². The van der Waals surface area contributed by atoms with Gasteiger partial charge in [0.1, 0.15) is 0 Å². The van der Waals surface area contributed by atoms with Crippen molar-refractivity contribution in [2.24, 2.45) is 7.05 Å². The highest BCUT2D eigenvalue weighted by Gasteiger charge is 2.20. The Kier molecular flexibility index (Phi) is 5.97. The molecule has 0 fully saturated rings. The van der Waals surface area contributed by atoms with Crippen molar-refractivity contribution >= 4 is 23.2 Å². The molecule has 1 aromatic carbocycles. The number of anilines is 2. The molecule has 0 bridgehead atoms. The first-order valence-electron chi connectivity index (χ1n) is 8.62. The Labute approximate surface area is 154 Å². The number of benzene rings is 1. The van der Waals surface area contributed by atoms with Gasteiger partial charge < -0.3 is 10.2 Å². The Bertz CT molecular complexity index is 852. The van der Waals surface area contributed by atoms with Crippen LogP contribution in [0.3, 0.4) is 0 Å². The standard InChI is InChI=1S/C20H26N4O2/c1-7-19(25)21-16-10-9-13(3)18(11-16)24(20(26)8-2)12-17-14(4)22-23(6)15(17)5/h8-11H,2,7,12H2,1,3-6H3,(H,21,25). The van der Waals surface area contributed by atoms with Crippen molar-refractivity contribution in [3.05, 3.63) is 53.4 Å². The van der Waals surface area contributed by atoms with Crippen LogP contribution in [-0.4, -0.2) is 21.6 Å². The van der Waals surface area contributed by atoms with E-state index >= 15 is 0 Å².